The number of nitrogens with zero attached hydrogens (tertiary/aromatic N) is 3. The Labute approximate surface area is 117 Å². The average Bonchev–Trinajstić information content (AvgIpc) is 2.40. The summed E-state index contributed by atoms with van der Waals surface area (Å²) in [4.78, 5) is 13.9. The van der Waals surface area contributed by atoms with E-state index in [1.165, 1.54) is 24.3 Å². The number of benzene rings is 1. The summed E-state index contributed by atoms with van der Waals surface area (Å²) in [5.41, 5.74) is -0.235. The summed E-state index contributed by atoms with van der Waals surface area (Å²) in [6, 6.07) is 7.90. The Hall–Kier alpha value is -2.72. The van der Waals surface area contributed by atoms with Crippen LogP contribution in [0.5, 0.6) is 0 Å². The summed E-state index contributed by atoms with van der Waals surface area (Å²) in [6.45, 7) is 0. The van der Waals surface area contributed by atoms with Gasteiger partial charge in [0.1, 0.15) is 11.0 Å². The second-order valence-electron chi connectivity index (χ2n) is 3.69. The molecule has 0 radical (unpaired) electrons. The standard InChI is InChI=1S/C12H6ClFN4O2/c13-11-4-3-10(18(19)20)12(17-11)16-9-2-1-7(6-15)5-8(9)14/h1-5H,(H,16,17). The Morgan fingerprint density at radius 2 is 2.15 bits per heavy atom. The Balaban J connectivity index is 2.42. The molecule has 0 aliphatic carbocycles. The lowest BCUT2D eigenvalue weighted by Gasteiger charge is -2.07. The number of hydrogen-bond donors (Lipinski definition) is 1. The number of hydrogen-bond acceptors (Lipinski definition) is 5. The largest absolute Gasteiger partial charge is 0.332 e. The lowest BCUT2D eigenvalue weighted by atomic mass is 10.2. The monoisotopic (exact) mass is 292 g/mol. The molecule has 1 aromatic carbocycles. The van der Waals surface area contributed by atoms with Crippen LogP contribution in [0.2, 0.25) is 5.15 Å². The molecule has 0 saturated heterocycles. The van der Waals surface area contributed by atoms with Crippen LogP contribution in [0.3, 0.4) is 0 Å². The Bertz CT molecular complexity index is 730. The van der Waals surface area contributed by atoms with Gasteiger partial charge >= 0.3 is 5.69 Å². The Kier molecular flexibility index (Phi) is 3.77. The van der Waals surface area contributed by atoms with Gasteiger partial charge in [-0.2, -0.15) is 5.26 Å². The van der Waals surface area contributed by atoms with Gasteiger partial charge in [0, 0.05) is 6.07 Å². The maximum absolute atomic E-state index is 13.7. The van der Waals surface area contributed by atoms with E-state index in [-0.39, 0.29) is 27.9 Å². The molecular formula is C12H6ClFN4O2. The van der Waals surface area contributed by atoms with Crippen molar-refractivity contribution in [1.82, 2.24) is 4.98 Å². The van der Waals surface area contributed by atoms with Crippen LogP contribution in [0.4, 0.5) is 21.6 Å². The Morgan fingerprint density at radius 3 is 2.75 bits per heavy atom. The van der Waals surface area contributed by atoms with E-state index in [0.29, 0.717) is 0 Å². The van der Waals surface area contributed by atoms with Crippen LogP contribution >= 0.6 is 11.6 Å². The molecule has 0 aliphatic heterocycles. The van der Waals surface area contributed by atoms with Gasteiger partial charge in [-0.05, 0) is 24.3 Å². The highest BCUT2D eigenvalue weighted by Gasteiger charge is 2.17. The van der Waals surface area contributed by atoms with Crippen LogP contribution in [0.1, 0.15) is 5.56 Å². The third-order valence-corrected chi connectivity index (χ3v) is 2.60. The quantitative estimate of drug-likeness (QED) is 0.532. The van der Waals surface area contributed by atoms with Gasteiger partial charge in [-0.3, -0.25) is 10.1 Å². The Morgan fingerprint density at radius 1 is 1.40 bits per heavy atom. The first-order valence-electron chi connectivity index (χ1n) is 5.29. The van der Waals surface area contributed by atoms with E-state index in [2.05, 4.69) is 10.3 Å². The van der Waals surface area contributed by atoms with E-state index in [4.69, 9.17) is 16.9 Å². The van der Waals surface area contributed by atoms with Crippen molar-refractivity contribution in [2.24, 2.45) is 0 Å². The van der Waals surface area contributed by atoms with E-state index in [9.17, 15) is 14.5 Å². The van der Waals surface area contributed by atoms with E-state index < -0.39 is 10.7 Å². The van der Waals surface area contributed by atoms with Gasteiger partial charge in [0.2, 0.25) is 5.82 Å². The second kappa shape index (κ2) is 5.50. The summed E-state index contributed by atoms with van der Waals surface area (Å²) in [5, 5.41) is 22.0. The van der Waals surface area contributed by atoms with Gasteiger partial charge in [0.25, 0.3) is 0 Å². The summed E-state index contributed by atoms with van der Waals surface area (Å²) >= 11 is 5.66. The van der Waals surface area contributed by atoms with Gasteiger partial charge in [-0.15, -0.1) is 0 Å². The molecule has 1 heterocycles. The number of aromatic nitrogens is 1. The molecule has 2 rings (SSSR count). The first-order chi connectivity index (χ1) is 9.51. The molecule has 8 heteroatoms. The first kappa shape index (κ1) is 13.7. The normalized spacial score (nSPS) is 9.85. The predicted octanol–water partition coefficient (Wildman–Crippen LogP) is 3.40. The zero-order valence-electron chi connectivity index (χ0n) is 9.80. The minimum Gasteiger partial charge on any atom is -0.332 e. The molecule has 0 bridgehead atoms. The van der Waals surface area contributed by atoms with Gasteiger partial charge in [0.05, 0.1) is 22.2 Å². The molecule has 0 saturated carbocycles. The highest BCUT2D eigenvalue weighted by molar-refractivity contribution is 6.29. The van der Waals surface area contributed by atoms with Gasteiger partial charge < -0.3 is 5.32 Å². The number of nitro groups is 1. The fourth-order valence-corrected chi connectivity index (χ4v) is 1.63. The molecule has 100 valence electrons. The summed E-state index contributed by atoms with van der Waals surface area (Å²) in [6.07, 6.45) is 0. The smallest absolute Gasteiger partial charge is 0.311 e. The molecule has 0 aliphatic rings. The number of anilines is 2. The summed E-state index contributed by atoms with van der Waals surface area (Å²) < 4.78 is 13.7. The van der Waals surface area contributed by atoms with Crippen molar-refractivity contribution in [1.29, 1.82) is 5.26 Å². The summed E-state index contributed by atoms with van der Waals surface area (Å²) in [5.74, 6) is -0.897. The highest BCUT2D eigenvalue weighted by Crippen LogP contribution is 2.28. The maximum atomic E-state index is 13.7. The number of nitrogens with one attached hydrogen (secondary N) is 1. The number of pyridine rings is 1. The maximum Gasteiger partial charge on any atom is 0.311 e. The number of nitriles is 1. The van der Waals surface area contributed by atoms with Crippen LogP contribution in [0.15, 0.2) is 30.3 Å². The zero-order chi connectivity index (χ0) is 14.7. The predicted molar refractivity (Wildman–Crippen MR) is 70.3 cm³/mol. The molecule has 0 atom stereocenters. The highest BCUT2D eigenvalue weighted by atomic mass is 35.5. The minimum atomic E-state index is -0.722. The van der Waals surface area contributed by atoms with Crippen molar-refractivity contribution in [3.8, 4) is 6.07 Å². The third-order valence-electron chi connectivity index (χ3n) is 2.39. The van der Waals surface area contributed by atoms with Crippen LogP contribution in [-0.4, -0.2) is 9.91 Å². The molecule has 1 N–H and O–H groups in total. The van der Waals surface area contributed by atoms with Crippen molar-refractivity contribution in [2.45, 2.75) is 0 Å². The van der Waals surface area contributed by atoms with E-state index in [0.717, 1.165) is 6.07 Å². The first-order valence-corrected chi connectivity index (χ1v) is 5.66. The molecule has 0 spiro atoms. The fraction of sp³-hybridized carbons (Fsp3) is 0. The SMILES string of the molecule is N#Cc1ccc(Nc2nc(Cl)ccc2[N+](=O)[O-])c(F)c1. The van der Waals surface area contributed by atoms with Crippen molar-refractivity contribution >= 4 is 28.8 Å². The molecular weight excluding hydrogens is 287 g/mol. The second-order valence-corrected chi connectivity index (χ2v) is 4.08. The molecule has 20 heavy (non-hydrogen) atoms. The van der Waals surface area contributed by atoms with Crippen molar-refractivity contribution in [3.05, 3.63) is 57.0 Å². The lowest BCUT2D eigenvalue weighted by molar-refractivity contribution is -0.384. The molecule has 2 aromatic rings. The summed E-state index contributed by atoms with van der Waals surface area (Å²) in [7, 11) is 0. The van der Waals surface area contributed by atoms with Gasteiger partial charge in [-0.25, -0.2) is 9.37 Å². The minimum absolute atomic E-state index is 0.0344. The molecule has 0 amide bonds. The van der Waals surface area contributed by atoms with Crippen LogP contribution in [-0.2, 0) is 0 Å². The van der Waals surface area contributed by atoms with Gasteiger partial charge in [-0.1, -0.05) is 11.6 Å². The van der Waals surface area contributed by atoms with Crippen LogP contribution in [0, 0.1) is 27.3 Å². The molecule has 0 fully saturated rings. The van der Waals surface area contributed by atoms with Crippen molar-refractivity contribution < 1.29 is 9.31 Å². The molecule has 6 nitrogen and oxygen atoms in total. The zero-order valence-corrected chi connectivity index (χ0v) is 10.6. The number of rotatable bonds is 3. The third kappa shape index (κ3) is 2.81. The number of halogens is 2. The van der Waals surface area contributed by atoms with E-state index in [1.54, 1.807) is 6.07 Å². The molecule has 0 unspecified atom stereocenters. The van der Waals surface area contributed by atoms with Crippen molar-refractivity contribution in [3.63, 3.8) is 0 Å². The van der Waals surface area contributed by atoms with Gasteiger partial charge in [0.15, 0.2) is 0 Å². The fourth-order valence-electron chi connectivity index (χ4n) is 1.48. The lowest BCUT2D eigenvalue weighted by Crippen LogP contribution is -2.01. The van der Waals surface area contributed by atoms with E-state index >= 15 is 0 Å². The topological polar surface area (TPSA) is 91.8 Å². The van der Waals surface area contributed by atoms with Crippen LogP contribution in [0.25, 0.3) is 0 Å². The van der Waals surface area contributed by atoms with E-state index in [1.807, 2.05) is 0 Å². The molecule has 1 aromatic heterocycles. The average molecular weight is 293 g/mol. The van der Waals surface area contributed by atoms with Crippen molar-refractivity contribution in [2.75, 3.05) is 5.32 Å². The van der Waals surface area contributed by atoms with Crippen LogP contribution < -0.4 is 5.32 Å².